The van der Waals surface area contributed by atoms with Gasteiger partial charge in [-0.15, -0.1) is 0 Å². The van der Waals surface area contributed by atoms with Crippen LogP contribution in [0.25, 0.3) is 0 Å². The normalized spacial score (nSPS) is 11.4. The van der Waals surface area contributed by atoms with Crippen LogP contribution >= 0.6 is 11.8 Å². The Morgan fingerprint density at radius 3 is 2.29 bits per heavy atom. The molecule has 0 aliphatic heterocycles. The molecule has 1 aromatic carbocycles. The largest absolute Gasteiger partial charge is 0.433 e. The summed E-state index contributed by atoms with van der Waals surface area (Å²) in [6.45, 7) is 1.89. The van der Waals surface area contributed by atoms with Crippen LogP contribution in [-0.2, 0) is 6.18 Å². The monoisotopic (exact) mass is 312 g/mol. The van der Waals surface area contributed by atoms with E-state index in [9.17, 15) is 18.0 Å². The van der Waals surface area contributed by atoms with Gasteiger partial charge in [0.15, 0.2) is 0 Å². The summed E-state index contributed by atoms with van der Waals surface area (Å²) in [5.74, 6) is -0.814. The number of benzene rings is 1. The quantitative estimate of drug-likeness (QED) is 0.941. The minimum absolute atomic E-state index is 0.0337. The van der Waals surface area contributed by atoms with E-state index in [0.29, 0.717) is 4.90 Å². The van der Waals surface area contributed by atoms with Crippen LogP contribution in [0.4, 0.5) is 13.2 Å². The average molecular weight is 312 g/mol. The molecule has 7 heteroatoms. The fourth-order valence-electron chi connectivity index (χ4n) is 1.58. The zero-order valence-corrected chi connectivity index (χ0v) is 11.8. The van der Waals surface area contributed by atoms with E-state index >= 15 is 0 Å². The van der Waals surface area contributed by atoms with Gasteiger partial charge in [0.2, 0.25) is 0 Å². The predicted molar refractivity (Wildman–Crippen MR) is 73.1 cm³/mol. The molecule has 0 aliphatic carbocycles. The van der Waals surface area contributed by atoms with Gasteiger partial charge in [0, 0.05) is 4.90 Å². The minimum atomic E-state index is -4.57. The maximum absolute atomic E-state index is 12.7. The van der Waals surface area contributed by atoms with Gasteiger partial charge in [0.05, 0.1) is 5.56 Å². The molecule has 0 spiro atoms. The maximum Gasteiger partial charge on any atom is 0.433 e. The molecule has 0 saturated carbocycles. The smallest absolute Gasteiger partial charge is 0.366 e. The molecule has 1 amide bonds. The second-order valence-electron chi connectivity index (χ2n) is 4.33. The highest BCUT2D eigenvalue weighted by atomic mass is 32.2. The molecule has 110 valence electrons. The number of rotatable bonds is 3. The molecule has 0 radical (unpaired) electrons. The number of pyridine rings is 1. The highest BCUT2D eigenvalue weighted by Crippen LogP contribution is 2.33. The fourth-order valence-corrected chi connectivity index (χ4v) is 2.50. The second-order valence-corrected chi connectivity index (χ2v) is 5.39. The van der Waals surface area contributed by atoms with Gasteiger partial charge in [0.1, 0.15) is 10.7 Å². The molecule has 1 aromatic heterocycles. The van der Waals surface area contributed by atoms with Crippen molar-refractivity contribution in [2.45, 2.75) is 23.0 Å². The lowest BCUT2D eigenvalue weighted by Crippen LogP contribution is -2.16. The molecule has 2 N–H and O–H groups in total. The summed E-state index contributed by atoms with van der Waals surface area (Å²) in [5, 5.41) is -0.0545. The number of amides is 1. The Hall–Kier alpha value is -2.02. The number of carbonyl (C=O) groups is 1. The molecular formula is C14H11F3N2OS. The molecule has 0 bridgehead atoms. The highest BCUT2D eigenvalue weighted by Gasteiger charge is 2.33. The van der Waals surface area contributed by atoms with Crippen LogP contribution in [0.1, 0.15) is 21.6 Å². The molecule has 0 fully saturated rings. The van der Waals surface area contributed by atoms with Gasteiger partial charge >= 0.3 is 6.18 Å². The van der Waals surface area contributed by atoms with Gasteiger partial charge in [0.25, 0.3) is 5.91 Å². The van der Waals surface area contributed by atoms with Gasteiger partial charge < -0.3 is 5.73 Å². The average Bonchev–Trinajstić information content (AvgIpc) is 2.40. The molecule has 0 unspecified atom stereocenters. The number of hydrogen-bond donors (Lipinski definition) is 1. The van der Waals surface area contributed by atoms with Gasteiger partial charge in [-0.1, -0.05) is 29.5 Å². The highest BCUT2D eigenvalue weighted by molar-refractivity contribution is 7.99. The van der Waals surface area contributed by atoms with Crippen molar-refractivity contribution in [1.82, 2.24) is 4.98 Å². The number of nitrogens with zero attached hydrogens (tertiary/aromatic N) is 1. The Labute approximate surface area is 123 Å². The number of hydrogen-bond acceptors (Lipinski definition) is 3. The Morgan fingerprint density at radius 1 is 1.14 bits per heavy atom. The summed E-state index contributed by atoms with van der Waals surface area (Å²) in [4.78, 5) is 15.5. The van der Waals surface area contributed by atoms with E-state index in [4.69, 9.17) is 5.73 Å². The van der Waals surface area contributed by atoms with Crippen LogP contribution in [0.3, 0.4) is 0 Å². The van der Waals surface area contributed by atoms with E-state index in [-0.39, 0.29) is 10.6 Å². The van der Waals surface area contributed by atoms with Gasteiger partial charge in [-0.3, -0.25) is 4.79 Å². The third kappa shape index (κ3) is 3.75. The van der Waals surface area contributed by atoms with E-state index in [0.717, 1.165) is 29.5 Å². The number of halogens is 3. The molecule has 2 aromatic rings. The van der Waals surface area contributed by atoms with Crippen LogP contribution in [0.5, 0.6) is 0 Å². The van der Waals surface area contributed by atoms with Gasteiger partial charge in [-0.25, -0.2) is 4.98 Å². The molecule has 0 aliphatic rings. The number of aryl methyl sites for hydroxylation is 1. The molecule has 21 heavy (non-hydrogen) atoms. The fraction of sp³-hybridized carbons (Fsp3) is 0.143. The van der Waals surface area contributed by atoms with E-state index in [1.54, 1.807) is 12.1 Å². The Bertz CT molecular complexity index is 669. The maximum atomic E-state index is 12.7. The topological polar surface area (TPSA) is 56.0 Å². The summed E-state index contributed by atoms with van der Waals surface area (Å²) < 4.78 is 38.1. The van der Waals surface area contributed by atoms with Crippen LogP contribution in [0.2, 0.25) is 0 Å². The number of nitrogens with two attached hydrogens (primary N) is 1. The predicted octanol–water partition coefficient (Wildman–Crippen LogP) is 3.66. The van der Waals surface area contributed by atoms with Crippen LogP contribution in [-0.4, -0.2) is 10.9 Å². The molecule has 0 atom stereocenters. The first-order chi connectivity index (χ1) is 9.77. The molecule has 3 nitrogen and oxygen atoms in total. The van der Waals surface area contributed by atoms with E-state index in [1.807, 2.05) is 19.1 Å². The first-order valence-electron chi connectivity index (χ1n) is 5.90. The van der Waals surface area contributed by atoms with Crippen molar-refractivity contribution in [1.29, 1.82) is 0 Å². The number of carbonyl (C=O) groups excluding carboxylic acids is 1. The SMILES string of the molecule is Cc1ccc(Sc2nc(C(F)(F)F)ccc2C(N)=O)cc1. The molecule has 1 heterocycles. The molecule has 0 saturated heterocycles. The van der Waals surface area contributed by atoms with Crippen molar-refractivity contribution in [3.8, 4) is 0 Å². The van der Waals surface area contributed by atoms with Crippen molar-refractivity contribution in [2.75, 3.05) is 0 Å². The van der Waals surface area contributed by atoms with Crippen LogP contribution in [0.15, 0.2) is 46.3 Å². The lowest BCUT2D eigenvalue weighted by molar-refractivity contribution is -0.141. The first kappa shape index (κ1) is 15.4. The third-order valence-corrected chi connectivity index (χ3v) is 3.66. The number of primary amides is 1. The molecular weight excluding hydrogens is 301 g/mol. The zero-order chi connectivity index (χ0) is 15.6. The van der Waals surface area contributed by atoms with E-state index in [2.05, 4.69) is 4.98 Å². The minimum Gasteiger partial charge on any atom is -0.366 e. The van der Waals surface area contributed by atoms with Crippen molar-refractivity contribution >= 4 is 17.7 Å². The third-order valence-electron chi connectivity index (χ3n) is 2.65. The Balaban J connectivity index is 2.43. The van der Waals surface area contributed by atoms with E-state index in [1.165, 1.54) is 0 Å². The summed E-state index contributed by atoms with van der Waals surface area (Å²) in [6.07, 6.45) is -4.57. The van der Waals surface area contributed by atoms with Gasteiger partial charge in [-0.2, -0.15) is 13.2 Å². The number of aromatic nitrogens is 1. The second kappa shape index (κ2) is 5.77. The lowest BCUT2D eigenvalue weighted by Gasteiger charge is -2.10. The summed E-state index contributed by atoms with van der Waals surface area (Å²) in [7, 11) is 0. The van der Waals surface area contributed by atoms with Crippen molar-refractivity contribution < 1.29 is 18.0 Å². The standard InChI is InChI=1S/C14H11F3N2OS/c1-8-2-4-9(5-3-8)21-13-10(12(18)20)6-7-11(19-13)14(15,16)17/h2-7H,1H3,(H2,18,20). The lowest BCUT2D eigenvalue weighted by atomic mass is 10.2. The summed E-state index contributed by atoms with van der Waals surface area (Å²) >= 11 is 0.970. The van der Waals surface area contributed by atoms with Crippen molar-refractivity contribution in [2.24, 2.45) is 5.73 Å². The molecule has 2 rings (SSSR count). The summed E-state index contributed by atoms with van der Waals surface area (Å²) in [6, 6.07) is 8.92. The van der Waals surface area contributed by atoms with E-state index < -0.39 is 17.8 Å². The summed E-state index contributed by atoms with van der Waals surface area (Å²) in [5.41, 5.74) is 5.11. The Kier molecular flexibility index (Phi) is 4.22. The van der Waals surface area contributed by atoms with Crippen LogP contribution < -0.4 is 5.73 Å². The Morgan fingerprint density at radius 2 is 1.76 bits per heavy atom. The van der Waals surface area contributed by atoms with Crippen LogP contribution in [0, 0.1) is 6.92 Å². The first-order valence-corrected chi connectivity index (χ1v) is 6.71. The zero-order valence-electron chi connectivity index (χ0n) is 10.9. The van der Waals surface area contributed by atoms with Crippen molar-refractivity contribution in [3.63, 3.8) is 0 Å². The number of alkyl halides is 3. The van der Waals surface area contributed by atoms with Crippen molar-refractivity contribution in [3.05, 3.63) is 53.2 Å². The van der Waals surface area contributed by atoms with Gasteiger partial charge in [-0.05, 0) is 31.2 Å².